The molecule has 3 heteroatoms. The van der Waals surface area contributed by atoms with Crippen LogP contribution in [0.2, 0.25) is 0 Å². The molecule has 0 aliphatic heterocycles. The van der Waals surface area contributed by atoms with Gasteiger partial charge in [-0.25, -0.2) is 0 Å². The molecule has 1 aromatic carbocycles. The molecule has 0 spiro atoms. The lowest BCUT2D eigenvalue weighted by Crippen LogP contribution is -2.19. The van der Waals surface area contributed by atoms with Gasteiger partial charge in [-0.1, -0.05) is 24.1 Å². The highest BCUT2D eigenvalue weighted by Gasteiger charge is 2.14. The Morgan fingerprint density at radius 1 is 1.39 bits per heavy atom. The standard InChI is InChI=1S/C15H18N2O/c1-4-9-17(3)11-13-12-7-5-6-8-14(12)18-15(13)10-16-2/h1,5-8,16H,9-11H2,2-3H3. The summed E-state index contributed by atoms with van der Waals surface area (Å²) in [7, 11) is 3.94. The van der Waals surface area contributed by atoms with Gasteiger partial charge in [-0.15, -0.1) is 6.42 Å². The van der Waals surface area contributed by atoms with Gasteiger partial charge >= 0.3 is 0 Å². The zero-order valence-electron chi connectivity index (χ0n) is 10.9. The van der Waals surface area contributed by atoms with Crippen molar-refractivity contribution in [2.75, 3.05) is 20.6 Å². The molecule has 2 aromatic rings. The number of hydrogen-bond acceptors (Lipinski definition) is 3. The number of hydrogen-bond donors (Lipinski definition) is 1. The highest BCUT2D eigenvalue weighted by atomic mass is 16.3. The second-order valence-corrected chi connectivity index (χ2v) is 4.41. The molecule has 3 nitrogen and oxygen atoms in total. The number of fused-ring (bicyclic) bond motifs is 1. The van der Waals surface area contributed by atoms with E-state index in [0.717, 1.165) is 24.4 Å². The van der Waals surface area contributed by atoms with Gasteiger partial charge in [0, 0.05) is 17.5 Å². The van der Waals surface area contributed by atoms with Crippen LogP contribution in [0.1, 0.15) is 11.3 Å². The van der Waals surface area contributed by atoms with Crippen molar-refractivity contribution in [3.8, 4) is 12.3 Å². The zero-order chi connectivity index (χ0) is 13.0. The molecule has 0 aliphatic carbocycles. The number of furan rings is 1. The molecule has 2 rings (SSSR count). The quantitative estimate of drug-likeness (QED) is 0.815. The maximum Gasteiger partial charge on any atom is 0.134 e. The lowest BCUT2D eigenvalue weighted by atomic mass is 10.1. The van der Waals surface area contributed by atoms with E-state index in [9.17, 15) is 0 Å². The maximum absolute atomic E-state index is 5.88. The van der Waals surface area contributed by atoms with Crippen LogP contribution in [0.15, 0.2) is 28.7 Å². The van der Waals surface area contributed by atoms with Crippen molar-refractivity contribution in [1.29, 1.82) is 0 Å². The van der Waals surface area contributed by atoms with Crippen molar-refractivity contribution in [3.05, 3.63) is 35.6 Å². The number of nitrogens with one attached hydrogen (secondary N) is 1. The third-order valence-corrected chi connectivity index (χ3v) is 2.91. The number of rotatable bonds is 5. The monoisotopic (exact) mass is 242 g/mol. The maximum atomic E-state index is 5.88. The topological polar surface area (TPSA) is 28.4 Å². The van der Waals surface area contributed by atoms with Crippen LogP contribution in [-0.2, 0) is 13.1 Å². The first-order chi connectivity index (χ1) is 8.76. The normalized spacial score (nSPS) is 11.0. The van der Waals surface area contributed by atoms with E-state index in [1.165, 1.54) is 10.9 Å². The SMILES string of the molecule is C#CCN(C)Cc1c(CNC)oc2ccccc12. The molecule has 0 saturated carbocycles. The highest BCUT2D eigenvalue weighted by molar-refractivity contribution is 5.82. The molecule has 1 heterocycles. The fourth-order valence-corrected chi connectivity index (χ4v) is 2.11. The Hall–Kier alpha value is -1.76. The molecule has 0 bridgehead atoms. The van der Waals surface area contributed by atoms with Crippen molar-refractivity contribution in [2.24, 2.45) is 0 Å². The van der Waals surface area contributed by atoms with Gasteiger partial charge in [0.2, 0.25) is 0 Å². The third-order valence-electron chi connectivity index (χ3n) is 2.91. The second-order valence-electron chi connectivity index (χ2n) is 4.41. The summed E-state index contributed by atoms with van der Waals surface area (Å²) in [6, 6.07) is 8.12. The Morgan fingerprint density at radius 2 is 2.17 bits per heavy atom. The molecule has 0 atom stereocenters. The molecule has 18 heavy (non-hydrogen) atoms. The lowest BCUT2D eigenvalue weighted by Gasteiger charge is -2.13. The van der Waals surface area contributed by atoms with E-state index >= 15 is 0 Å². The summed E-state index contributed by atoms with van der Waals surface area (Å²) in [5, 5.41) is 4.31. The van der Waals surface area contributed by atoms with E-state index in [1.807, 2.05) is 32.3 Å². The van der Waals surface area contributed by atoms with Gasteiger partial charge in [-0.05, 0) is 20.2 Å². The average molecular weight is 242 g/mol. The first-order valence-electron chi connectivity index (χ1n) is 6.02. The first kappa shape index (κ1) is 12.7. The molecule has 0 saturated heterocycles. The largest absolute Gasteiger partial charge is 0.459 e. The van der Waals surface area contributed by atoms with Crippen LogP contribution in [-0.4, -0.2) is 25.5 Å². The summed E-state index contributed by atoms with van der Waals surface area (Å²) in [6.07, 6.45) is 5.34. The Morgan fingerprint density at radius 3 is 2.89 bits per heavy atom. The van der Waals surface area contributed by atoms with E-state index in [2.05, 4.69) is 22.2 Å². The van der Waals surface area contributed by atoms with E-state index < -0.39 is 0 Å². The van der Waals surface area contributed by atoms with E-state index in [0.29, 0.717) is 6.54 Å². The molecule has 1 aromatic heterocycles. The fourth-order valence-electron chi connectivity index (χ4n) is 2.11. The van der Waals surface area contributed by atoms with Gasteiger partial charge in [-0.3, -0.25) is 4.90 Å². The smallest absolute Gasteiger partial charge is 0.134 e. The van der Waals surface area contributed by atoms with Crippen LogP contribution < -0.4 is 5.32 Å². The van der Waals surface area contributed by atoms with Crippen molar-refractivity contribution in [2.45, 2.75) is 13.1 Å². The van der Waals surface area contributed by atoms with E-state index in [4.69, 9.17) is 10.8 Å². The molecule has 0 unspecified atom stereocenters. The Labute approximate surface area is 108 Å². The molecule has 1 N–H and O–H groups in total. The van der Waals surface area contributed by atoms with Crippen LogP contribution in [0.25, 0.3) is 11.0 Å². The predicted octanol–water partition coefficient (Wildman–Crippen LogP) is 2.22. The van der Waals surface area contributed by atoms with Crippen molar-refractivity contribution in [3.63, 3.8) is 0 Å². The van der Waals surface area contributed by atoms with E-state index in [1.54, 1.807) is 0 Å². The second kappa shape index (κ2) is 5.72. The third kappa shape index (κ3) is 2.56. The molecule has 0 fully saturated rings. The average Bonchev–Trinajstić information content (AvgIpc) is 2.69. The Bertz CT molecular complexity index is 565. The van der Waals surface area contributed by atoms with Crippen LogP contribution in [0.3, 0.4) is 0 Å². The Kier molecular flexibility index (Phi) is 4.03. The molecular formula is C15H18N2O. The number of terminal acetylenes is 1. The van der Waals surface area contributed by atoms with E-state index in [-0.39, 0.29) is 0 Å². The van der Waals surface area contributed by atoms with Gasteiger partial charge in [0.1, 0.15) is 11.3 Å². The fraction of sp³-hybridized carbons (Fsp3) is 0.333. The minimum Gasteiger partial charge on any atom is -0.459 e. The first-order valence-corrected chi connectivity index (χ1v) is 6.02. The molecular weight excluding hydrogens is 224 g/mol. The highest BCUT2D eigenvalue weighted by Crippen LogP contribution is 2.26. The summed E-state index contributed by atoms with van der Waals surface area (Å²) in [5.74, 6) is 3.65. The summed E-state index contributed by atoms with van der Waals surface area (Å²) in [6.45, 7) is 2.17. The minimum absolute atomic E-state index is 0.637. The minimum atomic E-state index is 0.637. The molecule has 0 radical (unpaired) electrons. The van der Waals surface area contributed by atoms with Crippen LogP contribution in [0.5, 0.6) is 0 Å². The van der Waals surface area contributed by atoms with Gasteiger partial charge in [0.15, 0.2) is 0 Å². The van der Waals surface area contributed by atoms with Crippen molar-refractivity contribution < 1.29 is 4.42 Å². The molecule has 0 aliphatic rings. The van der Waals surface area contributed by atoms with Crippen molar-refractivity contribution >= 4 is 11.0 Å². The molecule has 94 valence electrons. The summed E-state index contributed by atoms with van der Waals surface area (Å²) < 4.78 is 5.88. The van der Waals surface area contributed by atoms with Gasteiger partial charge in [-0.2, -0.15) is 0 Å². The Balaban J connectivity index is 2.38. The molecule has 0 amide bonds. The summed E-state index contributed by atoms with van der Waals surface area (Å²) in [5.41, 5.74) is 2.16. The van der Waals surface area contributed by atoms with Gasteiger partial charge in [0.05, 0.1) is 13.1 Å². The van der Waals surface area contributed by atoms with Gasteiger partial charge < -0.3 is 9.73 Å². The summed E-state index contributed by atoms with van der Waals surface area (Å²) in [4.78, 5) is 2.11. The van der Waals surface area contributed by atoms with Crippen LogP contribution in [0, 0.1) is 12.3 Å². The van der Waals surface area contributed by atoms with Crippen molar-refractivity contribution in [1.82, 2.24) is 10.2 Å². The predicted molar refractivity (Wildman–Crippen MR) is 74.1 cm³/mol. The number of para-hydroxylation sites is 1. The zero-order valence-corrected chi connectivity index (χ0v) is 10.9. The lowest BCUT2D eigenvalue weighted by molar-refractivity contribution is 0.364. The van der Waals surface area contributed by atoms with Crippen LogP contribution >= 0.6 is 0 Å². The number of nitrogens with zero attached hydrogens (tertiary/aromatic N) is 1. The summed E-state index contributed by atoms with van der Waals surface area (Å²) >= 11 is 0. The van der Waals surface area contributed by atoms with Crippen LogP contribution in [0.4, 0.5) is 0 Å². The number of benzene rings is 1. The van der Waals surface area contributed by atoms with Gasteiger partial charge in [0.25, 0.3) is 0 Å².